The number of nitrogens with one attached hydrogen (secondary N) is 2. The lowest BCUT2D eigenvalue weighted by Crippen LogP contribution is -2.39. The van der Waals surface area contributed by atoms with Crippen LogP contribution in [-0.2, 0) is 13.0 Å². The van der Waals surface area contributed by atoms with Crippen molar-refractivity contribution >= 4 is 29.9 Å². The van der Waals surface area contributed by atoms with E-state index in [0.717, 1.165) is 36.1 Å². The second-order valence-corrected chi connectivity index (χ2v) is 5.34. The third-order valence-corrected chi connectivity index (χ3v) is 3.75. The third kappa shape index (κ3) is 6.11. The highest BCUT2D eigenvalue weighted by atomic mass is 127. The van der Waals surface area contributed by atoms with Crippen LogP contribution in [-0.4, -0.2) is 55.9 Å². The molecule has 0 unspecified atom stereocenters. The number of H-pyrrole nitrogens is 1. The quantitative estimate of drug-likeness (QED) is 0.378. The minimum Gasteiger partial charge on any atom is -0.493 e. The van der Waals surface area contributed by atoms with E-state index < -0.39 is 0 Å². The van der Waals surface area contributed by atoms with Gasteiger partial charge in [0.1, 0.15) is 0 Å². The van der Waals surface area contributed by atoms with Crippen LogP contribution in [0.1, 0.15) is 11.3 Å². The van der Waals surface area contributed by atoms with E-state index in [0.29, 0.717) is 6.54 Å². The number of nitrogens with zero attached hydrogens (tertiary/aromatic N) is 3. The van der Waals surface area contributed by atoms with Crippen molar-refractivity contribution in [1.82, 2.24) is 20.4 Å². The van der Waals surface area contributed by atoms with E-state index in [1.54, 1.807) is 27.5 Å². The number of methoxy groups -OCH3 is 2. The van der Waals surface area contributed by atoms with E-state index in [1.807, 2.05) is 25.2 Å². The Balaban J connectivity index is 0.00000312. The summed E-state index contributed by atoms with van der Waals surface area (Å²) >= 11 is 0. The molecule has 0 fully saturated rings. The number of hydrogen-bond acceptors (Lipinski definition) is 4. The second-order valence-electron chi connectivity index (χ2n) is 5.34. The van der Waals surface area contributed by atoms with Gasteiger partial charge < -0.3 is 19.7 Å². The van der Waals surface area contributed by atoms with Crippen molar-refractivity contribution in [1.29, 1.82) is 0 Å². The van der Waals surface area contributed by atoms with Gasteiger partial charge in [0.25, 0.3) is 0 Å². The Morgan fingerprint density at radius 3 is 2.60 bits per heavy atom. The van der Waals surface area contributed by atoms with E-state index >= 15 is 0 Å². The maximum Gasteiger partial charge on any atom is 0.193 e. The first kappa shape index (κ1) is 21.1. The monoisotopic (exact) mass is 459 g/mol. The number of guanidine groups is 1. The molecule has 0 aliphatic carbocycles. The summed E-state index contributed by atoms with van der Waals surface area (Å²) in [6.45, 7) is 1.49. The van der Waals surface area contributed by atoms with Crippen molar-refractivity contribution in [2.75, 3.05) is 34.9 Å². The first-order valence-corrected chi connectivity index (χ1v) is 7.79. The molecule has 0 bridgehead atoms. The minimum atomic E-state index is 0. The lowest BCUT2D eigenvalue weighted by atomic mass is 10.1. The molecule has 138 valence electrons. The molecule has 0 aliphatic heterocycles. The van der Waals surface area contributed by atoms with Crippen molar-refractivity contribution in [2.45, 2.75) is 13.0 Å². The van der Waals surface area contributed by atoms with Crippen LogP contribution in [0.15, 0.2) is 35.5 Å². The van der Waals surface area contributed by atoms with Crippen LogP contribution in [0.3, 0.4) is 0 Å². The zero-order valence-electron chi connectivity index (χ0n) is 15.1. The number of ether oxygens (including phenoxy) is 2. The Kier molecular flexibility index (Phi) is 9.11. The van der Waals surface area contributed by atoms with Gasteiger partial charge in [0.15, 0.2) is 17.5 Å². The van der Waals surface area contributed by atoms with Gasteiger partial charge in [-0.15, -0.1) is 24.0 Å². The Morgan fingerprint density at radius 1 is 1.24 bits per heavy atom. The highest BCUT2D eigenvalue weighted by Gasteiger charge is 2.08. The Morgan fingerprint density at radius 2 is 2.00 bits per heavy atom. The van der Waals surface area contributed by atoms with Crippen LogP contribution in [0, 0.1) is 0 Å². The standard InChI is InChI=1S/C17H25N5O2.HI/c1-18-17(19-12-14-7-9-20-21-14)22(2)10-8-13-5-6-15(23-3)16(11-13)24-4;/h5-7,9,11H,8,10,12H2,1-4H3,(H,18,19)(H,20,21);1H. The highest BCUT2D eigenvalue weighted by Crippen LogP contribution is 2.27. The molecule has 0 radical (unpaired) electrons. The number of aromatic amines is 1. The molecule has 0 atom stereocenters. The van der Waals surface area contributed by atoms with E-state index in [2.05, 4.69) is 31.5 Å². The van der Waals surface area contributed by atoms with E-state index in [1.165, 1.54) is 5.56 Å². The number of hydrogen-bond donors (Lipinski definition) is 2. The van der Waals surface area contributed by atoms with Crippen LogP contribution in [0.5, 0.6) is 11.5 Å². The Bertz CT molecular complexity index is 661. The van der Waals surface area contributed by atoms with Gasteiger partial charge in [-0.1, -0.05) is 6.07 Å². The maximum atomic E-state index is 5.35. The topological polar surface area (TPSA) is 74.8 Å². The van der Waals surface area contributed by atoms with Gasteiger partial charge in [0, 0.05) is 26.8 Å². The molecule has 2 aromatic rings. The second kappa shape index (κ2) is 10.8. The number of halogens is 1. The first-order chi connectivity index (χ1) is 11.7. The SMILES string of the molecule is CN=C(NCc1ccn[nH]1)N(C)CCc1ccc(OC)c(OC)c1.I. The molecule has 1 aromatic carbocycles. The zero-order chi connectivity index (χ0) is 17.4. The largest absolute Gasteiger partial charge is 0.493 e. The summed E-state index contributed by atoms with van der Waals surface area (Å²) in [7, 11) is 7.08. The average molecular weight is 459 g/mol. The van der Waals surface area contributed by atoms with Crippen molar-refractivity contribution < 1.29 is 9.47 Å². The molecule has 25 heavy (non-hydrogen) atoms. The van der Waals surface area contributed by atoms with E-state index in [4.69, 9.17) is 9.47 Å². The van der Waals surface area contributed by atoms with Crippen molar-refractivity contribution in [2.24, 2.45) is 4.99 Å². The number of likely N-dealkylation sites (N-methyl/N-ethyl adjacent to an activating group) is 1. The summed E-state index contributed by atoms with van der Waals surface area (Å²) in [5, 5.41) is 10.2. The third-order valence-electron chi connectivity index (χ3n) is 3.75. The summed E-state index contributed by atoms with van der Waals surface area (Å²) in [4.78, 5) is 6.40. The summed E-state index contributed by atoms with van der Waals surface area (Å²) in [6, 6.07) is 7.92. The van der Waals surface area contributed by atoms with Gasteiger partial charge in [0.2, 0.25) is 0 Å². The van der Waals surface area contributed by atoms with Crippen LogP contribution < -0.4 is 14.8 Å². The van der Waals surface area contributed by atoms with Gasteiger partial charge in [-0.25, -0.2) is 0 Å². The molecule has 0 spiro atoms. The van der Waals surface area contributed by atoms with Gasteiger partial charge in [-0.2, -0.15) is 5.10 Å². The fourth-order valence-corrected chi connectivity index (χ4v) is 2.38. The average Bonchev–Trinajstić information content (AvgIpc) is 3.13. The molecule has 8 heteroatoms. The van der Waals surface area contributed by atoms with Crippen LogP contribution >= 0.6 is 24.0 Å². The predicted octanol–water partition coefficient (Wildman–Crippen LogP) is 2.29. The molecular formula is C17H26IN5O2. The van der Waals surface area contributed by atoms with Crippen molar-refractivity contribution in [3.8, 4) is 11.5 Å². The number of aliphatic imine (C=N–C) groups is 1. The van der Waals surface area contributed by atoms with Gasteiger partial charge in [-0.05, 0) is 30.2 Å². The summed E-state index contributed by atoms with van der Waals surface area (Å²) < 4.78 is 10.6. The molecule has 1 heterocycles. The molecule has 0 aliphatic rings. The number of rotatable bonds is 7. The van der Waals surface area contributed by atoms with Crippen LogP contribution in [0.2, 0.25) is 0 Å². The Hall–Kier alpha value is -1.97. The van der Waals surface area contributed by atoms with Crippen molar-refractivity contribution in [3.63, 3.8) is 0 Å². The zero-order valence-corrected chi connectivity index (χ0v) is 17.4. The fraction of sp³-hybridized carbons (Fsp3) is 0.412. The Labute approximate surface area is 165 Å². The molecular weight excluding hydrogens is 433 g/mol. The van der Waals surface area contributed by atoms with Gasteiger partial charge in [-0.3, -0.25) is 10.1 Å². The maximum absolute atomic E-state index is 5.35. The van der Waals surface area contributed by atoms with E-state index in [-0.39, 0.29) is 24.0 Å². The lowest BCUT2D eigenvalue weighted by molar-refractivity contribution is 0.354. The molecule has 0 saturated heterocycles. The first-order valence-electron chi connectivity index (χ1n) is 7.79. The van der Waals surface area contributed by atoms with Crippen LogP contribution in [0.25, 0.3) is 0 Å². The number of aromatic nitrogens is 2. The van der Waals surface area contributed by atoms with Crippen LogP contribution in [0.4, 0.5) is 0 Å². The predicted molar refractivity (Wildman–Crippen MR) is 110 cm³/mol. The van der Waals surface area contributed by atoms with Gasteiger partial charge >= 0.3 is 0 Å². The fourth-order valence-electron chi connectivity index (χ4n) is 2.38. The molecule has 1 aromatic heterocycles. The molecule has 0 saturated carbocycles. The smallest absolute Gasteiger partial charge is 0.193 e. The lowest BCUT2D eigenvalue weighted by Gasteiger charge is -2.22. The normalized spacial score (nSPS) is 10.8. The molecule has 7 nitrogen and oxygen atoms in total. The minimum absolute atomic E-state index is 0. The summed E-state index contributed by atoms with van der Waals surface area (Å²) in [6.07, 6.45) is 2.61. The molecule has 0 amide bonds. The van der Waals surface area contributed by atoms with Crippen molar-refractivity contribution in [3.05, 3.63) is 41.7 Å². The summed E-state index contributed by atoms with van der Waals surface area (Å²) in [5.74, 6) is 2.33. The molecule has 2 rings (SSSR count). The van der Waals surface area contributed by atoms with Gasteiger partial charge in [0.05, 0.1) is 26.5 Å². The highest BCUT2D eigenvalue weighted by molar-refractivity contribution is 14.0. The summed E-state index contributed by atoms with van der Waals surface area (Å²) in [5.41, 5.74) is 2.20. The van der Waals surface area contributed by atoms with E-state index in [9.17, 15) is 0 Å². The number of benzene rings is 1. The molecule has 2 N–H and O–H groups in total.